The van der Waals surface area contributed by atoms with Gasteiger partial charge in [0.1, 0.15) is 6.29 Å². The Kier molecular flexibility index (Phi) is 2.91. The van der Waals surface area contributed by atoms with Gasteiger partial charge in [0.15, 0.2) is 0 Å². The molecule has 1 unspecified atom stereocenters. The maximum Gasteiger partial charge on any atom is 0.376 e. The van der Waals surface area contributed by atoms with Crippen LogP contribution in [0.5, 0.6) is 0 Å². The molecule has 0 radical (unpaired) electrons. The smallest absolute Gasteiger partial charge is 0.376 e. The monoisotopic (exact) mass is 169 g/mol. The van der Waals surface area contributed by atoms with Crippen molar-refractivity contribution >= 4 is 13.3 Å². The van der Waals surface area contributed by atoms with Crippen LogP contribution in [0, 0.1) is 5.41 Å². The van der Waals surface area contributed by atoms with Gasteiger partial charge in [0.05, 0.1) is 0 Å². The number of aldehydes is 1. The van der Waals surface area contributed by atoms with Gasteiger partial charge in [0, 0.05) is 12.0 Å². The molecule has 0 bridgehead atoms. The molecule has 0 saturated carbocycles. The molecule has 1 N–H and O–H groups in total. The highest BCUT2D eigenvalue weighted by atomic mass is 16.2. The summed E-state index contributed by atoms with van der Waals surface area (Å²) in [6.45, 7) is 5.29. The van der Waals surface area contributed by atoms with Crippen molar-refractivity contribution in [1.29, 1.82) is 0 Å². The van der Waals surface area contributed by atoms with E-state index >= 15 is 0 Å². The lowest BCUT2D eigenvalue weighted by atomic mass is 9.75. The molecule has 0 aromatic heterocycles. The second-order valence-corrected chi connectivity index (χ2v) is 3.98. The molecule has 0 spiro atoms. The first kappa shape index (κ1) is 9.74. The summed E-state index contributed by atoms with van der Waals surface area (Å²) in [5.41, 5.74) is -0.241. The van der Waals surface area contributed by atoms with Crippen molar-refractivity contribution in [2.45, 2.75) is 26.6 Å². The van der Waals surface area contributed by atoms with Crippen LogP contribution in [0.3, 0.4) is 0 Å². The largest absolute Gasteiger partial charge is 0.437 e. The summed E-state index contributed by atoms with van der Waals surface area (Å²) in [5, 5.41) is 9.31. The SMILES string of the molecule is CB(O)N1CCCC(C)(C=O)C1. The van der Waals surface area contributed by atoms with Crippen molar-refractivity contribution in [2.24, 2.45) is 5.41 Å². The van der Waals surface area contributed by atoms with Crippen molar-refractivity contribution in [3.05, 3.63) is 0 Å². The minimum atomic E-state index is -0.426. The van der Waals surface area contributed by atoms with E-state index in [4.69, 9.17) is 0 Å². The molecule has 1 rings (SSSR count). The Morgan fingerprint density at radius 2 is 2.33 bits per heavy atom. The third kappa shape index (κ3) is 2.08. The van der Waals surface area contributed by atoms with Gasteiger partial charge in [-0.3, -0.25) is 0 Å². The van der Waals surface area contributed by atoms with Crippen LogP contribution in [0.1, 0.15) is 19.8 Å². The average Bonchev–Trinajstić information content (AvgIpc) is 2.05. The van der Waals surface area contributed by atoms with E-state index in [1.165, 1.54) is 0 Å². The van der Waals surface area contributed by atoms with Gasteiger partial charge in [-0.25, -0.2) is 0 Å². The molecule has 3 nitrogen and oxygen atoms in total. The fourth-order valence-corrected chi connectivity index (χ4v) is 1.72. The first-order valence-electron chi connectivity index (χ1n) is 4.46. The van der Waals surface area contributed by atoms with E-state index in [0.717, 1.165) is 25.7 Å². The summed E-state index contributed by atoms with van der Waals surface area (Å²) >= 11 is 0. The first-order chi connectivity index (χ1) is 5.57. The van der Waals surface area contributed by atoms with Crippen LogP contribution in [-0.4, -0.2) is 36.3 Å². The van der Waals surface area contributed by atoms with Gasteiger partial charge in [-0.1, -0.05) is 6.92 Å². The lowest BCUT2D eigenvalue weighted by molar-refractivity contribution is -0.117. The number of hydrogen-bond donors (Lipinski definition) is 1. The van der Waals surface area contributed by atoms with Gasteiger partial charge in [-0.05, 0) is 26.2 Å². The molecule has 1 atom stereocenters. The van der Waals surface area contributed by atoms with Gasteiger partial charge < -0.3 is 14.6 Å². The molecule has 1 fully saturated rings. The van der Waals surface area contributed by atoms with Gasteiger partial charge in [-0.15, -0.1) is 0 Å². The number of piperidine rings is 1. The molecular formula is C8H16BNO2. The summed E-state index contributed by atoms with van der Waals surface area (Å²) in [7, 11) is -0.426. The molecule has 1 aliphatic heterocycles. The van der Waals surface area contributed by atoms with E-state index in [-0.39, 0.29) is 5.41 Å². The maximum absolute atomic E-state index is 10.7. The standard InChI is InChI=1S/C8H16BNO2/c1-8(7-11)4-3-5-10(6-8)9(2)12/h7,12H,3-6H2,1-2H3. The molecule has 12 heavy (non-hydrogen) atoms. The molecule has 1 saturated heterocycles. The van der Waals surface area contributed by atoms with Gasteiger partial charge in [0.2, 0.25) is 0 Å². The number of carbonyl (C=O) groups is 1. The van der Waals surface area contributed by atoms with Crippen LogP contribution in [0.4, 0.5) is 0 Å². The minimum absolute atomic E-state index is 0.241. The highest BCUT2D eigenvalue weighted by Gasteiger charge is 2.33. The molecular weight excluding hydrogens is 153 g/mol. The summed E-state index contributed by atoms with van der Waals surface area (Å²) in [5.74, 6) is 0. The molecule has 1 aliphatic rings. The zero-order valence-electron chi connectivity index (χ0n) is 7.79. The highest BCUT2D eigenvalue weighted by molar-refractivity contribution is 6.45. The highest BCUT2D eigenvalue weighted by Crippen LogP contribution is 2.26. The van der Waals surface area contributed by atoms with E-state index in [2.05, 4.69) is 0 Å². The van der Waals surface area contributed by atoms with Crippen molar-refractivity contribution in [3.8, 4) is 0 Å². The zero-order chi connectivity index (χ0) is 9.19. The second kappa shape index (κ2) is 3.58. The van der Waals surface area contributed by atoms with Crippen LogP contribution >= 0.6 is 0 Å². The molecule has 68 valence electrons. The van der Waals surface area contributed by atoms with Gasteiger partial charge >= 0.3 is 7.05 Å². The van der Waals surface area contributed by atoms with Crippen molar-refractivity contribution in [3.63, 3.8) is 0 Å². The molecule has 0 aliphatic carbocycles. The van der Waals surface area contributed by atoms with E-state index in [0.29, 0.717) is 6.54 Å². The average molecular weight is 169 g/mol. The number of hydrogen-bond acceptors (Lipinski definition) is 3. The molecule has 1 heterocycles. The second-order valence-electron chi connectivity index (χ2n) is 3.98. The van der Waals surface area contributed by atoms with Crippen molar-refractivity contribution in [2.75, 3.05) is 13.1 Å². The summed E-state index contributed by atoms with van der Waals surface area (Å²) in [4.78, 5) is 12.7. The fourth-order valence-electron chi connectivity index (χ4n) is 1.72. The van der Waals surface area contributed by atoms with Crippen LogP contribution < -0.4 is 0 Å². The predicted octanol–water partition coefficient (Wildman–Crippen LogP) is 0.398. The summed E-state index contributed by atoms with van der Waals surface area (Å²) < 4.78 is 0. The number of carbonyl (C=O) groups excluding carboxylic acids is 1. The Morgan fingerprint density at radius 3 is 2.83 bits per heavy atom. The van der Waals surface area contributed by atoms with Crippen LogP contribution in [-0.2, 0) is 4.79 Å². The third-order valence-corrected chi connectivity index (χ3v) is 2.57. The zero-order valence-corrected chi connectivity index (χ0v) is 7.79. The topological polar surface area (TPSA) is 40.5 Å². The van der Waals surface area contributed by atoms with Gasteiger partial charge in [0.25, 0.3) is 0 Å². The number of rotatable bonds is 2. The van der Waals surface area contributed by atoms with Crippen LogP contribution in [0.2, 0.25) is 6.82 Å². The van der Waals surface area contributed by atoms with Crippen LogP contribution in [0.15, 0.2) is 0 Å². The minimum Gasteiger partial charge on any atom is -0.437 e. The quantitative estimate of drug-likeness (QED) is 0.480. The molecule has 4 heteroatoms. The Hall–Kier alpha value is -0.345. The lowest BCUT2D eigenvalue weighted by Crippen LogP contribution is -2.48. The van der Waals surface area contributed by atoms with E-state index < -0.39 is 7.05 Å². The van der Waals surface area contributed by atoms with Gasteiger partial charge in [-0.2, -0.15) is 0 Å². The normalized spacial score (nSPS) is 31.6. The Labute approximate surface area is 73.9 Å². The van der Waals surface area contributed by atoms with Crippen molar-refractivity contribution < 1.29 is 9.82 Å². The Balaban J connectivity index is 2.56. The first-order valence-corrected chi connectivity index (χ1v) is 4.46. The Morgan fingerprint density at radius 1 is 1.67 bits per heavy atom. The molecule has 0 amide bonds. The maximum atomic E-state index is 10.7. The molecule has 0 aromatic carbocycles. The Bertz CT molecular complexity index is 174. The van der Waals surface area contributed by atoms with Crippen molar-refractivity contribution in [1.82, 2.24) is 4.81 Å². The molecule has 0 aromatic rings. The summed E-state index contributed by atoms with van der Waals surface area (Å²) in [6, 6.07) is 0. The van der Waals surface area contributed by atoms with Crippen LogP contribution in [0.25, 0.3) is 0 Å². The van der Waals surface area contributed by atoms with E-state index in [1.54, 1.807) is 6.82 Å². The third-order valence-electron chi connectivity index (χ3n) is 2.57. The fraction of sp³-hybridized carbons (Fsp3) is 0.875. The number of nitrogens with zero attached hydrogens (tertiary/aromatic N) is 1. The van der Waals surface area contributed by atoms with E-state index in [9.17, 15) is 9.82 Å². The predicted molar refractivity (Wildman–Crippen MR) is 48.8 cm³/mol. The lowest BCUT2D eigenvalue weighted by Gasteiger charge is -2.37. The summed E-state index contributed by atoms with van der Waals surface area (Å²) in [6.07, 6.45) is 2.96. The van der Waals surface area contributed by atoms with E-state index in [1.807, 2.05) is 11.7 Å².